The zero-order valence-corrected chi connectivity index (χ0v) is 16.3. The first-order valence-corrected chi connectivity index (χ1v) is 9.49. The van der Waals surface area contributed by atoms with Crippen LogP contribution in [0.1, 0.15) is 35.0 Å². The lowest BCUT2D eigenvalue weighted by Gasteiger charge is -2.13. The minimum atomic E-state index is -0.714. The summed E-state index contributed by atoms with van der Waals surface area (Å²) in [5, 5.41) is 3.53. The maximum atomic E-state index is 13.3. The molecular formula is C20H17ClFNO3S. The molecule has 0 aliphatic carbocycles. The summed E-state index contributed by atoms with van der Waals surface area (Å²) in [6.07, 6.45) is 0. The number of nitrogens with one attached hydrogen (secondary N) is 1. The monoisotopic (exact) mass is 405 g/mol. The van der Waals surface area contributed by atoms with E-state index in [1.807, 2.05) is 32.0 Å². The number of anilines is 1. The van der Waals surface area contributed by atoms with E-state index in [-0.39, 0.29) is 15.8 Å². The zero-order chi connectivity index (χ0) is 19.6. The number of para-hydroxylation sites is 1. The summed E-state index contributed by atoms with van der Waals surface area (Å²) in [5.74, 6) is -1.33. The number of ether oxygens (including phenoxy) is 1. The number of benzene rings is 2. The molecule has 0 spiro atoms. The zero-order valence-electron chi connectivity index (χ0n) is 14.7. The summed E-state index contributed by atoms with van der Waals surface area (Å²) in [7, 11) is 0. The maximum absolute atomic E-state index is 13.3. The van der Waals surface area contributed by atoms with Gasteiger partial charge in [0.2, 0.25) is 0 Å². The molecule has 27 heavy (non-hydrogen) atoms. The van der Waals surface area contributed by atoms with Gasteiger partial charge < -0.3 is 10.1 Å². The third-order valence-corrected chi connectivity index (χ3v) is 5.61. The van der Waals surface area contributed by atoms with Crippen LogP contribution in [-0.2, 0) is 9.53 Å². The Morgan fingerprint density at radius 2 is 1.96 bits per heavy atom. The van der Waals surface area contributed by atoms with E-state index in [1.54, 1.807) is 6.07 Å². The van der Waals surface area contributed by atoms with Gasteiger partial charge in [0.05, 0.1) is 5.02 Å². The van der Waals surface area contributed by atoms with Crippen LogP contribution in [0.25, 0.3) is 10.1 Å². The number of thiophene rings is 1. The molecule has 0 aliphatic heterocycles. The second-order valence-electron chi connectivity index (χ2n) is 6.25. The molecule has 3 rings (SSSR count). The van der Waals surface area contributed by atoms with E-state index < -0.39 is 24.3 Å². The largest absolute Gasteiger partial charge is 0.451 e. The summed E-state index contributed by atoms with van der Waals surface area (Å²) >= 11 is 7.22. The molecule has 1 heterocycles. The standard InChI is InChI=1S/C20H17ClFNO3S/c1-11(2)13-5-3-4-6-15(13)23-17(24)10-26-20(25)19-18(21)14-8-7-12(22)9-16(14)27-19/h3-9,11H,10H2,1-2H3,(H,23,24). The van der Waals surface area contributed by atoms with Crippen molar-refractivity contribution in [1.82, 2.24) is 0 Å². The first-order valence-electron chi connectivity index (χ1n) is 8.30. The molecule has 0 unspecified atom stereocenters. The Kier molecular flexibility index (Phi) is 5.77. The van der Waals surface area contributed by atoms with Gasteiger partial charge in [-0.3, -0.25) is 4.79 Å². The van der Waals surface area contributed by atoms with Crippen LogP contribution in [0.15, 0.2) is 42.5 Å². The predicted octanol–water partition coefficient (Wildman–Crippen LogP) is 5.61. The van der Waals surface area contributed by atoms with Crippen molar-refractivity contribution in [3.63, 3.8) is 0 Å². The van der Waals surface area contributed by atoms with Crippen molar-refractivity contribution in [2.45, 2.75) is 19.8 Å². The van der Waals surface area contributed by atoms with Crippen LogP contribution in [0, 0.1) is 5.82 Å². The van der Waals surface area contributed by atoms with Gasteiger partial charge in [-0.25, -0.2) is 9.18 Å². The van der Waals surface area contributed by atoms with Crippen molar-refractivity contribution in [2.24, 2.45) is 0 Å². The summed E-state index contributed by atoms with van der Waals surface area (Å²) in [5.41, 5.74) is 1.68. The van der Waals surface area contributed by atoms with Gasteiger partial charge >= 0.3 is 5.97 Å². The van der Waals surface area contributed by atoms with Gasteiger partial charge in [0.1, 0.15) is 10.7 Å². The van der Waals surface area contributed by atoms with E-state index in [9.17, 15) is 14.0 Å². The van der Waals surface area contributed by atoms with E-state index in [0.717, 1.165) is 16.9 Å². The normalized spacial score (nSPS) is 11.0. The van der Waals surface area contributed by atoms with E-state index >= 15 is 0 Å². The fourth-order valence-corrected chi connectivity index (χ4v) is 4.09. The van der Waals surface area contributed by atoms with Crippen LogP contribution in [0.2, 0.25) is 5.02 Å². The van der Waals surface area contributed by atoms with E-state index in [0.29, 0.717) is 15.8 Å². The van der Waals surface area contributed by atoms with Crippen LogP contribution >= 0.6 is 22.9 Å². The highest BCUT2D eigenvalue weighted by atomic mass is 35.5. The smallest absolute Gasteiger partial charge is 0.350 e. The molecule has 0 aliphatic rings. The third-order valence-electron chi connectivity index (χ3n) is 3.97. The minimum absolute atomic E-state index is 0.146. The average Bonchev–Trinajstić information content (AvgIpc) is 2.96. The highest BCUT2D eigenvalue weighted by Gasteiger charge is 2.20. The molecule has 0 saturated heterocycles. The Morgan fingerprint density at radius 1 is 1.22 bits per heavy atom. The molecule has 1 aromatic heterocycles. The highest BCUT2D eigenvalue weighted by molar-refractivity contribution is 7.21. The second kappa shape index (κ2) is 8.06. The fourth-order valence-electron chi connectivity index (χ4n) is 2.67. The molecule has 4 nitrogen and oxygen atoms in total. The molecule has 1 N–H and O–H groups in total. The van der Waals surface area contributed by atoms with Crippen molar-refractivity contribution in [3.05, 3.63) is 63.7 Å². The van der Waals surface area contributed by atoms with E-state index in [4.69, 9.17) is 16.3 Å². The number of hydrogen-bond donors (Lipinski definition) is 1. The Labute approximate surface area is 164 Å². The minimum Gasteiger partial charge on any atom is -0.451 e. The van der Waals surface area contributed by atoms with Gasteiger partial charge in [0.25, 0.3) is 5.91 Å². The molecule has 7 heteroatoms. The fraction of sp³-hybridized carbons (Fsp3) is 0.200. The van der Waals surface area contributed by atoms with Crippen molar-refractivity contribution in [3.8, 4) is 0 Å². The molecule has 1 amide bonds. The molecule has 140 valence electrons. The number of halogens is 2. The van der Waals surface area contributed by atoms with Crippen LogP contribution in [-0.4, -0.2) is 18.5 Å². The average molecular weight is 406 g/mol. The van der Waals surface area contributed by atoms with Gasteiger partial charge in [-0.05, 0) is 35.7 Å². The third kappa shape index (κ3) is 4.28. The molecule has 0 bridgehead atoms. The molecule has 2 aromatic carbocycles. The van der Waals surface area contributed by atoms with Gasteiger partial charge in [-0.1, -0.05) is 43.6 Å². The molecule has 3 aromatic rings. The van der Waals surface area contributed by atoms with Crippen LogP contribution < -0.4 is 5.32 Å². The first-order chi connectivity index (χ1) is 12.9. The van der Waals surface area contributed by atoms with Crippen LogP contribution in [0.5, 0.6) is 0 Å². The molecular weight excluding hydrogens is 389 g/mol. The summed E-state index contributed by atoms with van der Waals surface area (Å²) in [4.78, 5) is 24.6. The molecule has 0 atom stereocenters. The molecule has 0 radical (unpaired) electrons. The van der Waals surface area contributed by atoms with Crippen molar-refractivity contribution in [1.29, 1.82) is 0 Å². The van der Waals surface area contributed by atoms with Crippen molar-refractivity contribution < 1.29 is 18.7 Å². The number of rotatable bonds is 5. The lowest BCUT2D eigenvalue weighted by atomic mass is 10.0. The van der Waals surface area contributed by atoms with E-state index in [1.165, 1.54) is 18.2 Å². The van der Waals surface area contributed by atoms with Crippen LogP contribution in [0.4, 0.5) is 10.1 Å². The number of carbonyl (C=O) groups is 2. The van der Waals surface area contributed by atoms with Gasteiger partial charge in [-0.15, -0.1) is 11.3 Å². The van der Waals surface area contributed by atoms with Gasteiger partial charge in [0.15, 0.2) is 6.61 Å². The summed E-state index contributed by atoms with van der Waals surface area (Å²) in [6, 6.07) is 11.5. The van der Waals surface area contributed by atoms with Crippen molar-refractivity contribution >= 4 is 50.6 Å². The Bertz CT molecular complexity index is 1020. The SMILES string of the molecule is CC(C)c1ccccc1NC(=O)COC(=O)c1sc2cc(F)ccc2c1Cl. The van der Waals surface area contributed by atoms with Crippen molar-refractivity contribution in [2.75, 3.05) is 11.9 Å². The number of hydrogen-bond acceptors (Lipinski definition) is 4. The summed E-state index contributed by atoms with van der Waals surface area (Å²) < 4.78 is 19.0. The van der Waals surface area contributed by atoms with Crippen LogP contribution in [0.3, 0.4) is 0 Å². The second-order valence-corrected chi connectivity index (χ2v) is 7.68. The predicted molar refractivity (Wildman–Crippen MR) is 106 cm³/mol. The molecule has 0 saturated carbocycles. The highest BCUT2D eigenvalue weighted by Crippen LogP contribution is 2.36. The Morgan fingerprint density at radius 3 is 2.70 bits per heavy atom. The van der Waals surface area contributed by atoms with E-state index in [2.05, 4.69) is 5.32 Å². The Balaban J connectivity index is 1.67. The Hall–Kier alpha value is -2.44. The number of fused-ring (bicyclic) bond motifs is 1. The number of esters is 1. The quantitative estimate of drug-likeness (QED) is 0.561. The topological polar surface area (TPSA) is 55.4 Å². The lowest BCUT2D eigenvalue weighted by molar-refractivity contribution is -0.119. The van der Waals surface area contributed by atoms with Gasteiger partial charge in [-0.2, -0.15) is 0 Å². The number of amides is 1. The van der Waals surface area contributed by atoms with Gasteiger partial charge in [0, 0.05) is 15.8 Å². The molecule has 0 fully saturated rings. The first kappa shape index (κ1) is 19.3. The number of carbonyl (C=O) groups excluding carboxylic acids is 2. The lowest BCUT2D eigenvalue weighted by Crippen LogP contribution is -2.21. The maximum Gasteiger partial charge on any atom is 0.350 e. The summed E-state index contributed by atoms with van der Waals surface area (Å²) in [6.45, 7) is 3.61.